The average Bonchev–Trinajstić information content (AvgIpc) is 3.27. The van der Waals surface area contributed by atoms with Crippen molar-refractivity contribution in [3.63, 3.8) is 0 Å². The van der Waals surface area contributed by atoms with Crippen molar-refractivity contribution in [2.75, 3.05) is 17.7 Å². The summed E-state index contributed by atoms with van der Waals surface area (Å²) < 4.78 is 5.18. The highest BCUT2D eigenvalue weighted by molar-refractivity contribution is 6.34. The van der Waals surface area contributed by atoms with Gasteiger partial charge in [-0.25, -0.2) is 4.98 Å². The Morgan fingerprint density at radius 1 is 1.09 bits per heavy atom. The van der Waals surface area contributed by atoms with Gasteiger partial charge in [-0.1, -0.05) is 23.7 Å². The highest BCUT2D eigenvalue weighted by Gasteiger charge is 2.21. The van der Waals surface area contributed by atoms with E-state index in [2.05, 4.69) is 31.9 Å². The molecule has 4 rings (SSSR count). The van der Waals surface area contributed by atoms with Crippen LogP contribution in [-0.4, -0.2) is 34.1 Å². The van der Waals surface area contributed by atoms with Gasteiger partial charge in [-0.15, -0.1) is 5.10 Å². The van der Waals surface area contributed by atoms with Gasteiger partial charge in [0.05, 0.1) is 46.5 Å². The van der Waals surface area contributed by atoms with E-state index in [9.17, 15) is 14.9 Å². The molecule has 2 amide bonds. The molecule has 176 valence electrons. The van der Waals surface area contributed by atoms with E-state index in [0.717, 1.165) is 5.56 Å². The van der Waals surface area contributed by atoms with Crippen molar-refractivity contribution in [1.82, 2.24) is 15.2 Å². The van der Waals surface area contributed by atoms with Gasteiger partial charge in [0.1, 0.15) is 0 Å². The van der Waals surface area contributed by atoms with Crippen LogP contribution in [0.25, 0.3) is 11.0 Å². The SMILES string of the molecule is COc1n[nH]c2ncc(NC(=O)c3cc(NC(=O)c4cccc(C(C)(C)C#N)c4)ccc3Cl)cc12. The lowest BCUT2D eigenvalue weighted by atomic mass is 9.85. The van der Waals surface area contributed by atoms with Gasteiger partial charge >= 0.3 is 0 Å². The lowest BCUT2D eigenvalue weighted by molar-refractivity contribution is 0.101. The smallest absolute Gasteiger partial charge is 0.257 e. The molecule has 0 atom stereocenters. The Balaban J connectivity index is 1.54. The Hall–Kier alpha value is -4.42. The molecule has 2 heterocycles. The van der Waals surface area contributed by atoms with Gasteiger partial charge in [-0.05, 0) is 55.8 Å². The predicted molar refractivity (Wildman–Crippen MR) is 133 cm³/mol. The molecular weight excluding hydrogens is 468 g/mol. The number of aromatic amines is 1. The fourth-order valence-electron chi connectivity index (χ4n) is 3.40. The summed E-state index contributed by atoms with van der Waals surface area (Å²) in [7, 11) is 1.49. The molecule has 0 fully saturated rings. The number of amides is 2. The zero-order valence-electron chi connectivity index (χ0n) is 19.1. The second-order valence-electron chi connectivity index (χ2n) is 8.27. The number of H-pyrrole nitrogens is 1. The first-order valence-electron chi connectivity index (χ1n) is 10.5. The molecular formula is C25H21ClN6O3. The molecule has 2 aromatic heterocycles. The number of carbonyl (C=O) groups excluding carboxylic acids is 2. The number of hydrogen-bond donors (Lipinski definition) is 3. The molecule has 0 aliphatic rings. The van der Waals surface area contributed by atoms with Crippen LogP contribution in [0, 0.1) is 11.3 Å². The molecule has 0 saturated carbocycles. The highest BCUT2D eigenvalue weighted by atomic mass is 35.5. The lowest BCUT2D eigenvalue weighted by Gasteiger charge is -2.16. The van der Waals surface area contributed by atoms with Crippen LogP contribution in [0.1, 0.15) is 40.1 Å². The number of pyridine rings is 1. The minimum absolute atomic E-state index is 0.170. The van der Waals surface area contributed by atoms with Crippen LogP contribution < -0.4 is 15.4 Å². The van der Waals surface area contributed by atoms with Gasteiger partial charge in [0.15, 0.2) is 5.65 Å². The first-order chi connectivity index (χ1) is 16.7. The number of anilines is 2. The summed E-state index contributed by atoms with van der Waals surface area (Å²) in [5.74, 6) is -0.503. The summed E-state index contributed by atoms with van der Waals surface area (Å²) in [5, 5.41) is 22.5. The van der Waals surface area contributed by atoms with E-state index in [1.807, 2.05) is 0 Å². The van der Waals surface area contributed by atoms with Crippen molar-refractivity contribution in [3.8, 4) is 11.9 Å². The zero-order valence-corrected chi connectivity index (χ0v) is 19.9. The van der Waals surface area contributed by atoms with Crippen molar-refractivity contribution in [2.45, 2.75) is 19.3 Å². The van der Waals surface area contributed by atoms with Gasteiger partial charge in [0, 0.05) is 11.3 Å². The Kier molecular flexibility index (Phi) is 6.40. The van der Waals surface area contributed by atoms with E-state index in [1.54, 1.807) is 50.2 Å². The maximum atomic E-state index is 12.9. The first-order valence-corrected chi connectivity index (χ1v) is 10.9. The van der Waals surface area contributed by atoms with Crippen LogP contribution in [0.3, 0.4) is 0 Å². The largest absolute Gasteiger partial charge is 0.479 e. The predicted octanol–water partition coefficient (Wildman–Crippen LogP) is 4.93. The number of hydrogen-bond acceptors (Lipinski definition) is 6. The van der Waals surface area contributed by atoms with Crippen molar-refractivity contribution in [2.24, 2.45) is 0 Å². The second kappa shape index (κ2) is 9.44. The number of nitrogens with one attached hydrogen (secondary N) is 3. The molecule has 0 spiro atoms. The Morgan fingerprint density at radius 3 is 2.60 bits per heavy atom. The summed E-state index contributed by atoms with van der Waals surface area (Å²) in [6.07, 6.45) is 1.48. The maximum Gasteiger partial charge on any atom is 0.257 e. The number of fused-ring (bicyclic) bond motifs is 1. The van der Waals surface area contributed by atoms with Crippen LogP contribution in [0.5, 0.6) is 5.88 Å². The summed E-state index contributed by atoms with van der Waals surface area (Å²) in [6, 6.07) is 15.4. The molecule has 0 aliphatic heterocycles. The number of nitriles is 1. The molecule has 0 bridgehead atoms. The number of halogens is 1. The number of ether oxygens (including phenoxy) is 1. The third-order valence-corrected chi connectivity index (χ3v) is 5.76. The lowest BCUT2D eigenvalue weighted by Crippen LogP contribution is -2.17. The van der Waals surface area contributed by atoms with Crippen molar-refractivity contribution < 1.29 is 14.3 Å². The maximum absolute atomic E-state index is 12.9. The topological polar surface area (TPSA) is 133 Å². The van der Waals surface area contributed by atoms with E-state index in [-0.39, 0.29) is 16.5 Å². The number of benzene rings is 2. The van der Waals surface area contributed by atoms with Crippen molar-refractivity contribution in [3.05, 3.63) is 76.4 Å². The summed E-state index contributed by atoms with van der Waals surface area (Å²) in [5.41, 5.74) is 1.88. The molecule has 0 unspecified atom stereocenters. The molecule has 0 aliphatic carbocycles. The van der Waals surface area contributed by atoms with Crippen LogP contribution >= 0.6 is 11.6 Å². The second-order valence-corrected chi connectivity index (χ2v) is 8.68. The Morgan fingerprint density at radius 2 is 1.86 bits per heavy atom. The highest BCUT2D eigenvalue weighted by Crippen LogP contribution is 2.27. The quantitative estimate of drug-likeness (QED) is 0.352. The molecule has 3 N–H and O–H groups in total. The van der Waals surface area contributed by atoms with Gasteiger partial charge in [-0.2, -0.15) is 5.26 Å². The van der Waals surface area contributed by atoms with E-state index >= 15 is 0 Å². The van der Waals surface area contributed by atoms with Crippen LogP contribution in [0.4, 0.5) is 11.4 Å². The number of rotatable bonds is 6. The summed E-state index contributed by atoms with van der Waals surface area (Å²) in [4.78, 5) is 30.0. The molecule has 0 saturated heterocycles. The monoisotopic (exact) mass is 488 g/mol. The summed E-state index contributed by atoms with van der Waals surface area (Å²) in [6.45, 7) is 3.56. The molecule has 10 heteroatoms. The third-order valence-electron chi connectivity index (χ3n) is 5.43. The molecule has 4 aromatic rings. The molecule has 0 radical (unpaired) electrons. The van der Waals surface area contributed by atoms with Gasteiger partial charge in [-0.3, -0.25) is 14.7 Å². The fraction of sp³-hybridized carbons (Fsp3) is 0.160. The van der Waals surface area contributed by atoms with Crippen molar-refractivity contribution >= 4 is 45.8 Å². The van der Waals surface area contributed by atoms with Crippen molar-refractivity contribution in [1.29, 1.82) is 5.26 Å². The normalized spacial score (nSPS) is 11.1. The molecule has 9 nitrogen and oxygen atoms in total. The Labute approximate surface area is 206 Å². The van der Waals surface area contributed by atoms with E-state index in [1.165, 1.54) is 25.4 Å². The first kappa shape index (κ1) is 23.7. The van der Waals surface area contributed by atoms with Gasteiger partial charge in [0.25, 0.3) is 11.8 Å². The van der Waals surface area contributed by atoms with Crippen LogP contribution in [0.2, 0.25) is 5.02 Å². The van der Waals surface area contributed by atoms with Gasteiger partial charge < -0.3 is 15.4 Å². The Bertz CT molecular complexity index is 1490. The number of carbonyl (C=O) groups is 2. The molecule has 35 heavy (non-hydrogen) atoms. The van der Waals surface area contributed by atoms with Crippen LogP contribution in [-0.2, 0) is 5.41 Å². The third kappa shape index (κ3) is 4.93. The van der Waals surface area contributed by atoms with E-state index in [4.69, 9.17) is 16.3 Å². The minimum atomic E-state index is -0.736. The van der Waals surface area contributed by atoms with E-state index in [0.29, 0.717) is 33.9 Å². The minimum Gasteiger partial charge on any atom is -0.479 e. The summed E-state index contributed by atoms with van der Waals surface area (Å²) >= 11 is 6.27. The molecule has 2 aromatic carbocycles. The van der Waals surface area contributed by atoms with Crippen LogP contribution in [0.15, 0.2) is 54.7 Å². The standard InChI is InChI=1S/C25H21ClN6O3/c1-25(2,13-27)15-6-4-5-14(9-15)22(33)29-16-7-8-20(26)18(10-16)23(34)30-17-11-19-21(28-12-17)31-32-24(19)35-3/h4-12H,1-3H3,(H,29,33)(H,30,34)(H,28,31,32). The van der Waals surface area contributed by atoms with Gasteiger partial charge in [0.2, 0.25) is 5.88 Å². The average molecular weight is 489 g/mol. The zero-order chi connectivity index (χ0) is 25.2. The fourth-order valence-corrected chi connectivity index (χ4v) is 3.60. The van der Waals surface area contributed by atoms with E-state index < -0.39 is 11.3 Å². The number of nitrogens with zero attached hydrogens (tertiary/aromatic N) is 3. The number of aromatic nitrogens is 3. The number of methoxy groups -OCH3 is 1.